The van der Waals surface area contributed by atoms with Crippen molar-refractivity contribution < 1.29 is 4.74 Å². The maximum Gasteiger partial charge on any atom is 0.132 e. The lowest BCUT2D eigenvalue weighted by atomic mass is 10.0. The summed E-state index contributed by atoms with van der Waals surface area (Å²) in [6.45, 7) is 11.8. The summed E-state index contributed by atoms with van der Waals surface area (Å²) in [4.78, 5) is 8.43. The molecule has 0 saturated heterocycles. The molecule has 0 bridgehead atoms. The predicted molar refractivity (Wildman–Crippen MR) is 90.8 cm³/mol. The normalized spacial score (nSPS) is 10.8. The number of benzene rings is 1. The molecule has 118 valence electrons. The molecule has 4 heteroatoms. The summed E-state index contributed by atoms with van der Waals surface area (Å²) in [7, 11) is 0. The smallest absolute Gasteiger partial charge is 0.132 e. The Morgan fingerprint density at radius 2 is 1.91 bits per heavy atom. The lowest BCUT2D eigenvalue weighted by molar-refractivity contribution is 0.330. The number of ether oxygens (including phenoxy) is 1. The molecule has 0 aliphatic rings. The highest BCUT2D eigenvalue weighted by Gasteiger charge is 2.06. The Hall–Kier alpha value is -2.10. The molecule has 0 aliphatic heterocycles. The van der Waals surface area contributed by atoms with E-state index in [1.807, 2.05) is 13.8 Å². The number of hydrogen-bond acceptors (Lipinski definition) is 4. The largest absolute Gasteiger partial charge is 0.491 e. The topological polar surface area (TPSA) is 47.0 Å². The zero-order valence-electron chi connectivity index (χ0n) is 14.1. The monoisotopic (exact) mass is 299 g/mol. The van der Waals surface area contributed by atoms with Gasteiger partial charge in [0.15, 0.2) is 0 Å². The minimum Gasteiger partial charge on any atom is -0.491 e. The summed E-state index contributed by atoms with van der Waals surface area (Å²) < 4.78 is 5.91. The van der Waals surface area contributed by atoms with Gasteiger partial charge >= 0.3 is 0 Å². The molecule has 1 aromatic heterocycles. The van der Waals surface area contributed by atoms with Crippen molar-refractivity contribution in [2.75, 3.05) is 18.5 Å². The van der Waals surface area contributed by atoms with Crippen LogP contribution in [0.25, 0.3) is 0 Å². The van der Waals surface area contributed by atoms with E-state index >= 15 is 0 Å². The summed E-state index contributed by atoms with van der Waals surface area (Å²) in [6, 6.07) is 6.42. The highest BCUT2D eigenvalue weighted by molar-refractivity contribution is 5.44. The lowest BCUT2D eigenvalue weighted by Gasteiger charge is -2.14. The number of aromatic nitrogens is 2. The van der Waals surface area contributed by atoms with E-state index < -0.39 is 0 Å². The number of rotatable bonds is 6. The first kappa shape index (κ1) is 16.3. The molecule has 0 fully saturated rings. The average Bonchev–Trinajstić information content (AvgIpc) is 2.49. The molecule has 1 aromatic carbocycles. The van der Waals surface area contributed by atoms with Crippen molar-refractivity contribution in [3.05, 3.63) is 46.9 Å². The molecule has 0 unspecified atom stereocenters. The van der Waals surface area contributed by atoms with Crippen LogP contribution in [-0.2, 0) is 0 Å². The number of nitrogens with zero attached hydrogens (tertiary/aromatic N) is 2. The highest BCUT2D eigenvalue weighted by atomic mass is 16.5. The van der Waals surface area contributed by atoms with Gasteiger partial charge in [-0.25, -0.2) is 9.97 Å². The van der Waals surface area contributed by atoms with Gasteiger partial charge in [-0.15, -0.1) is 0 Å². The molecule has 0 saturated carbocycles. The lowest BCUT2D eigenvalue weighted by Crippen LogP contribution is -2.14. The molecule has 0 atom stereocenters. The van der Waals surface area contributed by atoms with Crippen molar-refractivity contribution in [1.29, 1.82) is 0 Å². The van der Waals surface area contributed by atoms with Gasteiger partial charge in [-0.2, -0.15) is 0 Å². The Bertz CT molecular complexity index is 638. The second-order valence-electron chi connectivity index (χ2n) is 5.89. The van der Waals surface area contributed by atoms with Gasteiger partial charge in [-0.1, -0.05) is 26.0 Å². The van der Waals surface area contributed by atoms with Crippen molar-refractivity contribution in [2.24, 2.45) is 0 Å². The van der Waals surface area contributed by atoms with Crippen LogP contribution in [-0.4, -0.2) is 23.1 Å². The van der Waals surface area contributed by atoms with E-state index in [0.717, 1.165) is 22.8 Å². The second-order valence-corrected chi connectivity index (χ2v) is 5.89. The third-order valence-electron chi connectivity index (χ3n) is 3.87. The third kappa shape index (κ3) is 3.97. The molecule has 0 spiro atoms. The van der Waals surface area contributed by atoms with Crippen LogP contribution in [0.3, 0.4) is 0 Å². The summed E-state index contributed by atoms with van der Waals surface area (Å²) in [5.74, 6) is 2.35. The van der Waals surface area contributed by atoms with Crippen LogP contribution in [0.1, 0.15) is 42.1 Å². The van der Waals surface area contributed by atoms with Crippen LogP contribution in [0.15, 0.2) is 24.5 Å². The van der Waals surface area contributed by atoms with E-state index in [-0.39, 0.29) is 0 Å². The van der Waals surface area contributed by atoms with Crippen LogP contribution in [0.2, 0.25) is 0 Å². The van der Waals surface area contributed by atoms with Gasteiger partial charge in [0, 0.05) is 11.3 Å². The van der Waals surface area contributed by atoms with Gasteiger partial charge in [0.25, 0.3) is 0 Å². The first-order valence-corrected chi connectivity index (χ1v) is 7.74. The molecule has 2 rings (SSSR count). The van der Waals surface area contributed by atoms with Crippen molar-refractivity contribution in [3.8, 4) is 5.75 Å². The molecule has 1 N–H and O–H groups in total. The fraction of sp³-hybridized carbons (Fsp3) is 0.444. The van der Waals surface area contributed by atoms with Crippen LogP contribution in [0.5, 0.6) is 5.75 Å². The van der Waals surface area contributed by atoms with E-state index in [1.54, 1.807) is 6.33 Å². The predicted octanol–water partition coefficient (Wildman–Crippen LogP) is 4.02. The third-order valence-corrected chi connectivity index (χ3v) is 3.87. The van der Waals surface area contributed by atoms with E-state index in [4.69, 9.17) is 4.74 Å². The number of anilines is 1. The molecule has 4 nitrogen and oxygen atoms in total. The Morgan fingerprint density at radius 3 is 2.64 bits per heavy atom. The quantitative estimate of drug-likeness (QED) is 0.819. The van der Waals surface area contributed by atoms with Crippen LogP contribution >= 0.6 is 0 Å². The van der Waals surface area contributed by atoms with E-state index in [2.05, 4.69) is 54.3 Å². The van der Waals surface area contributed by atoms with E-state index in [9.17, 15) is 0 Å². The molecule has 0 amide bonds. The Kier molecular flexibility index (Phi) is 5.36. The van der Waals surface area contributed by atoms with Crippen LogP contribution in [0.4, 0.5) is 5.82 Å². The van der Waals surface area contributed by atoms with Crippen molar-refractivity contribution in [1.82, 2.24) is 9.97 Å². The maximum atomic E-state index is 5.91. The molecule has 2 aromatic rings. The Morgan fingerprint density at radius 1 is 1.14 bits per heavy atom. The fourth-order valence-corrected chi connectivity index (χ4v) is 2.18. The first-order chi connectivity index (χ1) is 10.5. The molecular formula is C18H25N3O. The molecular weight excluding hydrogens is 274 g/mol. The highest BCUT2D eigenvalue weighted by Crippen LogP contribution is 2.24. The van der Waals surface area contributed by atoms with Gasteiger partial charge < -0.3 is 10.1 Å². The standard InChI is InChI=1S/C18H25N3O/c1-12(2)16-7-6-13(3)17(10-16)22-9-8-19-18-14(4)15(5)20-11-21-18/h6-7,10-12H,8-9H2,1-5H3,(H,19,20,21). The second kappa shape index (κ2) is 7.25. The molecule has 0 aliphatic carbocycles. The van der Waals surface area contributed by atoms with Crippen LogP contribution in [0, 0.1) is 20.8 Å². The zero-order valence-corrected chi connectivity index (χ0v) is 14.1. The summed E-state index contributed by atoms with van der Waals surface area (Å²) >= 11 is 0. The van der Waals surface area contributed by atoms with E-state index in [0.29, 0.717) is 19.1 Å². The van der Waals surface area contributed by atoms with Crippen LogP contribution < -0.4 is 10.1 Å². The van der Waals surface area contributed by atoms with Crippen molar-refractivity contribution in [2.45, 2.75) is 40.5 Å². The Labute approximate surface area is 133 Å². The van der Waals surface area contributed by atoms with Crippen molar-refractivity contribution in [3.63, 3.8) is 0 Å². The van der Waals surface area contributed by atoms with Gasteiger partial charge in [-0.3, -0.25) is 0 Å². The van der Waals surface area contributed by atoms with Gasteiger partial charge in [0.2, 0.25) is 0 Å². The summed E-state index contributed by atoms with van der Waals surface area (Å²) in [6.07, 6.45) is 1.59. The fourth-order valence-electron chi connectivity index (χ4n) is 2.18. The molecule has 1 heterocycles. The number of aryl methyl sites for hydroxylation is 2. The SMILES string of the molecule is Cc1ccc(C(C)C)cc1OCCNc1ncnc(C)c1C. The zero-order chi connectivity index (χ0) is 16.1. The molecule has 0 radical (unpaired) electrons. The average molecular weight is 299 g/mol. The van der Waals surface area contributed by atoms with Gasteiger partial charge in [0.05, 0.1) is 6.54 Å². The van der Waals surface area contributed by atoms with Gasteiger partial charge in [0.1, 0.15) is 24.5 Å². The summed E-state index contributed by atoms with van der Waals surface area (Å²) in [5, 5.41) is 3.30. The van der Waals surface area contributed by atoms with E-state index in [1.165, 1.54) is 11.1 Å². The number of nitrogens with one attached hydrogen (secondary N) is 1. The minimum atomic E-state index is 0.507. The Balaban J connectivity index is 1.91. The first-order valence-electron chi connectivity index (χ1n) is 7.74. The molecule has 22 heavy (non-hydrogen) atoms. The maximum absolute atomic E-state index is 5.91. The van der Waals surface area contributed by atoms with Gasteiger partial charge in [-0.05, 0) is 43.9 Å². The number of hydrogen-bond donors (Lipinski definition) is 1. The van der Waals surface area contributed by atoms with Crippen molar-refractivity contribution >= 4 is 5.82 Å². The minimum absolute atomic E-state index is 0.507. The summed E-state index contributed by atoms with van der Waals surface area (Å²) in [5.41, 5.74) is 4.55.